The second-order valence-electron chi connectivity index (χ2n) is 7.62. The lowest BCUT2D eigenvalue weighted by Gasteiger charge is -2.29. The summed E-state index contributed by atoms with van der Waals surface area (Å²) in [6.45, 7) is 2.54. The Bertz CT molecular complexity index is 304. The van der Waals surface area contributed by atoms with Crippen LogP contribution in [0.5, 0.6) is 0 Å². The van der Waals surface area contributed by atoms with E-state index in [1.54, 1.807) is 0 Å². The summed E-state index contributed by atoms with van der Waals surface area (Å²) in [5.74, 6) is 2.03. The van der Waals surface area contributed by atoms with Crippen LogP contribution in [0.4, 0.5) is 8.78 Å². The van der Waals surface area contributed by atoms with Gasteiger partial charge in [0, 0.05) is 5.92 Å². The Kier molecular flexibility index (Phi) is 8.25. The van der Waals surface area contributed by atoms with E-state index in [1.807, 2.05) is 0 Å². The monoisotopic (exact) mass is 332 g/mol. The van der Waals surface area contributed by atoms with Gasteiger partial charge in [0.25, 0.3) is 0 Å². The van der Waals surface area contributed by atoms with E-state index in [-0.39, 0.29) is 19.1 Å². The Morgan fingerprint density at radius 3 is 1.65 bits per heavy atom. The summed E-state index contributed by atoms with van der Waals surface area (Å²) in [6, 6.07) is 0. The number of halogens is 2. The molecule has 2 aliphatic rings. The Hall–Kier alpha value is -0.220. The largest absolute Gasteiger partial charge is 0.485 e. The van der Waals surface area contributed by atoms with E-state index in [4.69, 9.17) is 0 Å². The molecule has 1 heterocycles. The molecule has 2 fully saturated rings. The van der Waals surface area contributed by atoms with Gasteiger partial charge in [-0.25, -0.2) is 0 Å². The third-order valence-electron chi connectivity index (χ3n) is 5.63. The zero-order chi connectivity index (χ0) is 16.5. The molecule has 23 heavy (non-hydrogen) atoms. The molecule has 0 aromatic carbocycles. The molecule has 0 spiro atoms. The van der Waals surface area contributed by atoms with Crippen molar-refractivity contribution in [2.45, 2.75) is 90.3 Å². The SMILES string of the molecule is CCCCCC1CCC(CCCCC2COC(F)(F)OC2)CC1. The summed E-state index contributed by atoms with van der Waals surface area (Å²) < 4.78 is 34.2. The van der Waals surface area contributed by atoms with Gasteiger partial charge < -0.3 is 0 Å². The van der Waals surface area contributed by atoms with Crippen molar-refractivity contribution in [2.24, 2.45) is 17.8 Å². The van der Waals surface area contributed by atoms with Gasteiger partial charge >= 0.3 is 6.29 Å². The third-order valence-corrected chi connectivity index (χ3v) is 5.63. The van der Waals surface area contributed by atoms with Gasteiger partial charge in [0.2, 0.25) is 0 Å². The van der Waals surface area contributed by atoms with Crippen molar-refractivity contribution < 1.29 is 18.3 Å². The number of hydrogen-bond acceptors (Lipinski definition) is 2. The van der Waals surface area contributed by atoms with Crippen LogP contribution in [0.1, 0.15) is 84.0 Å². The van der Waals surface area contributed by atoms with E-state index in [0.717, 1.165) is 24.7 Å². The van der Waals surface area contributed by atoms with Crippen LogP contribution in [-0.2, 0) is 9.47 Å². The summed E-state index contributed by atoms with van der Waals surface area (Å²) in [5.41, 5.74) is 0. The van der Waals surface area contributed by atoms with Crippen LogP contribution in [0.2, 0.25) is 0 Å². The lowest BCUT2D eigenvalue weighted by atomic mass is 9.78. The predicted octanol–water partition coefficient (Wildman–Crippen LogP) is 6.15. The smallest absolute Gasteiger partial charge is 0.295 e. The molecule has 1 saturated heterocycles. The zero-order valence-electron chi connectivity index (χ0n) is 14.7. The fraction of sp³-hybridized carbons (Fsp3) is 1.00. The van der Waals surface area contributed by atoms with Crippen molar-refractivity contribution in [1.82, 2.24) is 0 Å². The Morgan fingerprint density at radius 1 is 0.739 bits per heavy atom. The Labute approximate surface area is 140 Å². The van der Waals surface area contributed by atoms with Crippen LogP contribution >= 0.6 is 0 Å². The number of alkyl halides is 2. The average Bonchev–Trinajstić information content (AvgIpc) is 2.54. The molecule has 0 aromatic heterocycles. The van der Waals surface area contributed by atoms with E-state index in [1.165, 1.54) is 64.2 Å². The van der Waals surface area contributed by atoms with Gasteiger partial charge in [0.1, 0.15) is 0 Å². The van der Waals surface area contributed by atoms with Gasteiger partial charge in [-0.05, 0) is 18.3 Å². The van der Waals surface area contributed by atoms with Gasteiger partial charge in [-0.3, -0.25) is 9.47 Å². The summed E-state index contributed by atoms with van der Waals surface area (Å²) in [6.07, 6.45) is 12.4. The second-order valence-corrected chi connectivity index (χ2v) is 7.62. The molecule has 0 aromatic rings. The Morgan fingerprint density at radius 2 is 1.17 bits per heavy atom. The summed E-state index contributed by atoms with van der Waals surface area (Å²) in [7, 11) is 0. The van der Waals surface area contributed by atoms with Gasteiger partial charge in [0.15, 0.2) is 0 Å². The first-order valence-electron chi connectivity index (χ1n) is 9.74. The lowest BCUT2D eigenvalue weighted by Crippen LogP contribution is -2.37. The fourth-order valence-electron chi connectivity index (χ4n) is 4.04. The molecule has 0 radical (unpaired) electrons. The molecule has 0 atom stereocenters. The van der Waals surface area contributed by atoms with E-state index in [0.29, 0.717) is 0 Å². The van der Waals surface area contributed by atoms with Crippen LogP contribution in [0.25, 0.3) is 0 Å². The Balaban J connectivity index is 1.46. The summed E-state index contributed by atoms with van der Waals surface area (Å²) in [4.78, 5) is 0. The predicted molar refractivity (Wildman–Crippen MR) is 88.4 cm³/mol. The zero-order valence-corrected chi connectivity index (χ0v) is 14.7. The normalized spacial score (nSPS) is 28.8. The van der Waals surface area contributed by atoms with Gasteiger partial charge in [0.05, 0.1) is 13.2 Å². The second kappa shape index (κ2) is 9.93. The van der Waals surface area contributed by atoms with Gasteiger partial charge in [-0.1, -0.05) is 77.6 Å². The summed E-state index contributed by atoms with van der Waals surface area (Å²) in [5, 5.41) is 0. The number of rotatable bonds is 9. The molecule has 0 amide bonds. The van der Waals surface area contributed by atoms with Crippen LogP contribution in [-0.4, -0.2) is 19.5 Å². The van der Waals surface area contributed by atoms with Crippen molar-refractivity contribution in [3.63, 3.8) is 0 Å². The maximum atomic E-state index is 12.7. The van der Waals surface area contributed by atoms with Crippen LogP contribution in [0, 0.1) is 17.8 Å². The first-order chi connectivity index (χ1) is 11.1. The lowest BCUT2D eigenvalue weighted by molar-refractivity contribution is -0.420. The van der Waals surface area contributed by atoms with E-state index in [9.17, 15) is 8.78 Å². The highest BCUT2D eigenvalue weighted by molar-refractivity contribution is 4.73. The maximum Gasteiger partial charge on any atom is 0.485 e. The minimum atomic E-state index is -3.35. The molecule has 1 saturated carbocycles. The van der Waals surface area contributed by atoms with Gasteiger partial charge in [-0.15, -0.1) is 8.78 Å². The minimum Gasteiger partial charge on any atom is -0.295 e. The third kappa shape index (κ3) is 7.47. The van der Waals surface area contributed by atoms with Crippen LogP contribution < -0.4 is 0 Å². The summed E-state index contributed by atoms with van der Waals surface area (Å²) >= 11 is 0. The van der Waals surface area contributed by atoms with E-state index in [2.05, 4.69) is 16.4 Å². The molecule has 0 bridgehead atoms. The molecule has 0 N–H and O–H groups in total. The van der Waals surface area contributed by atoms with Gasteiger partial charge in [-0.2, -0.15) is 0 Å². The van der Waals surface area contributed by atoms with Crippen LogP contribution in [0.3, 0.4) is 0 Å². The minimum absolute atomic E-state index is 0.135. The number of unbranched alkanes of at least 4 members (excludes halogenated alkanes) is 3. The first-order valence-corrected chi connectivity index (χ1v) is 9.74. The molecule has 2 rings (SSSR count). The fourth-order valence-corrected chi connectivity index (χ4v) is 4.04. The van der Waals surface area contributed by atoms with Crippen molar-refractivity contribution in [1.29, 1.82) is 0 Å². The van der Waals surface area contributed by atoms with Crippen molar-refractivity contribution in [3.05, 3.63) is 0 Å². The quantitative estimate of drug-likeness (QED) is 0.472. The first kappa shape index (κ1) is 19.1. The number of ether oxygens (including phenoxy) is 2. The van der Waals surface area contributed by atoms with Crippen LogP contribution in [0.15, 0.2) is 0 Å². The molecular weight excluding hydrogens is 298 g/mol. The topological polar surface area (TPSA) is 18.5 Å². The van der Waals surface area contributed by atoms with E-state index < -0.39 is 6.29 Å². The van der Waals surface area contributed by atoms with Crippen molar-refractivity contribution in [3.8, 4) is 0 Å². The standard InChI is InChI=1S/C19H34F2O2/c1-2-3-4-7-16-10-12-17(13-11-16)8-5-6-9-18-14-22-19(20,21)23-15-18/h16-18H,2-15H2,1H3. The molecule has 4 heteroatoms. The molecule has 1 aliphatic heterocycles. The highest BCUT2D eigenvalue weighted by atomic mass is 19.3. The van der Waals surface area contributed by atoms with Crippen molar-refractivity contribution >= 4 is 0 Å². The molecular formula is C19H34F2O2. The number of hydrogen-bond donors (Lipinski definition) is 0. The average molecular weight is 332 g/mol. The molecule has 0 unspecified atom stereocenters. The molecule has 1 aliphatic carbocycles. The highest BCUT2D eigenvalue weighted by Gasteiger charge is 2.37. The maximum absolute atomic E-state index is 12.7. The van der Waals surface area contributed by atoms with Crippen molar-refractivity contribution in [2.75, 3.05) is 13.2 Å². The highest BCUT2D eigenvalue weighted by Crippen LogP contribution is 2.35. The molecule has 2 nitrogen and oxygen atoms in total. The molecule has 136 valence electrons. The van der Waals surface area contributed by atoms with E-state index >= 15 is 0 Å².